The molecule has 0 N–H and O–H groups in total. The third-order valence-electron chi connectivity index (χ3n) is 3.76. The first-order valence-corrected chi connectivity index (χ1v) is 8.70. The number of Topliss-reactive ketones (excluding diaryl/α,β-unsaturated/α-hetero) is 1. The first-order chi connectivity index (χ1) is 12.0. The van der Waals surface area contributed by atoms with E-state index in [1.807, 2.05) is 0 Å². The van der Waals surface area contributed by atoms with Crippen LogP contribution in [0.1, 0.15) is 22.8 Å². The lowest BCUT2D eigenvalue weighted by Crippen LogP contribution is -2.25. The molecule has 6 heteroatoms. The maximum absolute atomic E-state index is 12.3. The monoisotopic (exact) mass is 404 g/mol. The summed E-state index contributed by atoms with van der Waals surface area (Å²) in [6.45, 7) is 2.58. The summed E-state index contributed by atoms with van der Waals surface area (Å²) >= 11 is 3.32. The van der Waals surface area contributed by atoms with Gasteiger partial charge in [-0.25, -0.2) is 0 Å². The maximum atomic E-state index is 12.3. The van der Waals surface area contributed by atoms with E-state index < -0.39 is 12.1 Å². The largest absolute Gasteiger partial charge is 0.486 e. The average Bonchev–Trinajstić information content (AvgIpc) is 2.61. The number of halogens is 1. The van der Waals surface area contributed by atoms with Crippen molar-refractivity contribution in [2.75, 3.05) is 13.2 Å². The van der Waals surface area contributed by atoms with Crippen molar-refractivity contribution in [2.45, 2.75) is 19.4 Å². The Morgan fingerprint density at radius 3 is 2.48 bits per heavy atom. The van der Waals surface area contributed by atoms with Gasteiger partial charge < -0.3 is 14.2 Å². The molecule has 1 atom stereocenters. The number of ketones is 1. The Hall–Kier alpha value is -2.34. The minimum absolute atomic E-state index is 0.0641. The van der Waals surface area contributed by atoms with Gasteiger partial charge in [-0.2, -0.15) is 0 Å². The fourth-order valence-corrected chi connectivity index (χ4v) is 2.77. The van der Waals surface area contributed by atoms with E-state index in [0.29, 0.717) is 30.3 Å². The van der Waals surface area contributed by atoms with Crippen LogP contribution in [0.3, 0.4) is 0 Å². The number of carbonyl (C=O) groups excluding carboxylic acids is 2. The molecule has 5 nitrogen and oxygen atoms in total. The van der Waals surface area contributed by atoms with Gasteiger partial charge in [-0.05, 0) is 36.8 Å². The van der Waals surface area contributed by atoms with Crippen LogP contribution in [0.2, 0.25) is 0 Å². The predicted molar refractivity (Wildman–Crippen MR) is 95.2 cm³/mol. The number of hydrogen-bond donors (Lipinski definition) is 0. The second kappa shape index (κ2) is 7.70. The summed E-state index contributed by atoms with van der Waals surface area (Å²) in [7, 11) is 0. The van der Waals surface area contributed by atoms with Gasteiger partial charge in [-0.15, -0.1) is 0 Å². The number of hydrogen-bond acceptors (Lipinski definition) is 5. The number of carbonyl (C=O) groups is 2. The molecule has 0 unspecified atom stereocenters. The fraction of sp³-hybridized carbons (Fsp3) is 0.263. The molecule has 1 aliphatic rings. The van der Waals surface area contributed by atoms with E-state index in [1.54, 1.807) is 49.4 Å². The van der Waals surface area contributed by atoms with Crippen molar-refractivity contribution >= 4 is 27.7 Å². The van der Waals surface area contributed by atoms with Gasteiger partial charge in [0.15, 0.2) is 17.6 Å². The van der Waals surface area contributed by atoms with Crippen LogP contribution < -0.4 is 9.47 Å². The van der Waals surface area contributed by atoms with Crippen LogP contribution in [-0.2, 0) is 16.0 Å². The highest BCUT2D eigenvalue weighted by molar-refractivity contribution is 9.10. The van der Waals surface area contributed by atoms with Crippen molar-refractivity contribution in [2.24, 2.45) is 0 Å². The van der Waals surface area contributed by atoms with Crippen molar-refractivity contribution in [1.82, 2.24) is 0 Å². The van der Waals surface area contributed by atoms with Gasteiger partial charge in [0.2, 0.25) is 5.78 Å². The summed E-state index contributed by atoms with van der Waals surface area (Å²) in [5.41, 5.74) is 1.25. The van der Waals surface area contributed by atoms with Crippen LogP contribution in [-0.4, -0.2) is 31.1 Å². The van der Waals surface area contributed by atoms with Crippen molar-refractivity contribution in [3.8, 4) is 11.5 Å². The summed E-state index contributed by atoms with van der Waals surface area (Å²) in [5.74, 6) is 0.593. The number of benzene rings is 2. The molecule has 1 aliphatic heterocycles. The van der Waals surface area contributed by atoms with Crippen molar-refractivity contribution in [3.05, 3.63) is 58.1 Å². The summed E-state index contributed by atoms with van der Waals surface area (Å²) in [5, 5.41) is 0. The van der Waals surface area contributed by atoms with Gasteiger partial charge in [-0.3, -0.25) is 9.59 Å². The minimum Gasteiger partial charge on any atom is -0.486 e. The second-order valence-corrected chi connectivity index (χ2v) is 6.57. The van der Waals surface area contributed by atoms with Crippen LogP contribution >= 0.6 is 15.9 Å². The predicted octanol–water partition coefficient (Wildman–Crippen LogP) is 3.58. The summed E-state index contributed by atoms with van der Waals surface area (Å²) in [4.78, 5) is 24.4. The third-order valence-corrected chi connectivity index (χ3v) is 4.29. The van der Waals surface area contributed by atoms with Crippen molar-refractivity contribution in [3.63, 3.8) is 0 Å². The van der Waals surface area contributed by atoms with E-state index >= 15 is 0 Å². The Balaban J connectivity index is 1.60. The number of rotatable bonds is 5. The standard InChI is InChI=1S/C19H17BrO5/c1-12(19(22)14-3-5-15(20)6-4-14)25-18(21)11-13-2-7-16-17(10-13)24-9-8-23-16/h2-7,10,12H,8-9,11H2,1H3/t12-/m0/s1. The zero-order valence-corrected chi connectivity index (χ0v) is 15.2. The number of esters is 1. The number of ether oxygens (including phenoxy) is 3. The molecular formula is C19H17BrO5. The average molecular weight is 405 g/mol. The lowest BCUT2D eigenvalue weighted by molar-refractivity contribution is -0.145. The SMILES string of the molecule is C[C@H](OC(=O)Cc1ccc2c(c1)OCCO2)C(=O)c1ccc(Br)cc1. The van der Waals surface area contributed by atoms with Crippen LogP contribution in [0.25, 0.3) is 0 Å². The van der Waals surface area contributed by atoms with E-state index in [2.05, 4.69) is 15.9 Å². The molecule has 0 bridgehead atoms. The molecule has 130 valence electrons. The van der Waals surface area contributed by atoms with E-state index in [1.165, 1.54) is 0 Å². The van der Waals surface area contributed by atoms with Crippen LogP contribution in [0.4, 0.5) is 0 Å². The highest BCUT2D eigenvalue weighted by atomic mass is 79.9. The highest BCUT2D eigenvalue weighted by Crippen LogP contribution is 2.31. The molecule has 1 heterocycles. The van der Waals surface area contributed by atoms with Crippen LogP contribution in [0.15, 0.2) is 46.9 Å². The van der Waals surface area contributed by atoms with Gasteiger partial charge >= 0.3 is 5.97 Å². The van der Waals surface area contributed by atoms with Gasteiger partial charge in [0.1, 0.15) is 13.2 Å². The van der Waals surface area contributed by atoms with E-state index in [-0.39, 0.29) is 12.2 Å². The topological polar surface area (TPSA) is 61.8 Å². The molecule has 0 saturated carbocycles. The molecule has 0 spiro atoms. The van der Waals surface area contributed by atoms with E-state index in [9.17, 15) is 9.59 Å². The summed E-state index contributed by atoms with van der Waals surface area (Å²) < 4.78 is 17.1. The molecule has 25 heavy (non-hydrogen) atoms. The molecule has 0 aromatic heterocycles. The molecule has 2 aromatic rings. The Morgan fingerprint density at radius 2 is 1.76 bits per heavy atom. The molecule has 0 fully saturated rings. The van der Waals surface area contributed by atoms with Crippen LogP contribution in [0, 0.1) is 0 Å². The van der Waals surface area contributed by atoms with E-state index in [4.69, 9.17) is 14.2 Å². The van der Waals surface area contributed by atoms with Crippen molar-refractivity contribution < 1.29 is 23.8 Å². The second-order valence-electron chi connectivity index (χ2n) is 5.66. The van der Waals surface area contributed by atoms with Gasteiger partial charge in [0, 0.05) is 10.0 Å². The third kappa shape index (κ3) is 4.39. The maximum Gasteiger partial charge on any atom is 0.310 e. The lowest BCUT2D eigenvalue weighted by atomic mass is 10.1. The van der Waals surface area contributed by atoms with Gasteiger partial charge in [0.05, 0.1) is 6.42 Å². The zero-order valence-electron chi connectivity index (χ0n) is 13.7. The molecule has 0 radical (unpaired) electrons. The molecule has 2 aromatic carbocycles. The molecule has 0 amide bonds. The van der Waals surface area contributed by atoms with Crippen molar-refractivity contribution in [1.29, 1.82) is 0 Å². The summed E-state index contributed by atoms with van der Waals surface area (Å²) in [6.07, 6.45) is -0.778. The van der Waals surface area contributed by atoms with Gasteiger partial charge in [0.25, 0.3) is 0 Å². The normalized spacial score (nSPS) is 13.8. The zero-order chi connectivity index (χ0) is 17.8. The Labute approximate surface area is 154 Å². The smallest absolute Gasteiger partial charge is 0.310 e. The first kappa shape index (κ1) is 17.5. The van der Waals surface area contributed by atoms with E-state index in [0.717, 1.165) is 10.0 Å². The Bertz CT molecular complexity index is 785. The van der Waals surface area contributed by atoms with Gasteiger partial charge in [-0.1, -0.05) is 34.1 Å². The molecular weight excluding hydrogens is 388 g/mol. The molecule has 3 rings (SSSR count). The quantitative estimate of drug-likeness (QED) is 0.562. The molecule has 0 saturated heterocycles. The Kier molecular flexibility index (Phi) is 5.38. The molecule has 0 aliphatic carbocycles. The first-order valence-electron chi connectivity index (χ1n) is 7.91. The van der Waals surface area contributed by atoms with Crippen LogP contribution in [0.5, 0.6) is 11.5 Å². The minimum atomic E-state index is -0.842. The summed E-state index contributed by atoms with van der Waals surface area (Å²) in [6, 6.07) is 12.3. The Morgan fingerprint density at radius 1 is 1.08 bits per heavy atom. The fourth-order valence-electron chi connectivity index (χ4n) is 2.51. The highest BCUT2D eigenvalue weighted by Gasteiger charge is 2.20. The lowest BCUT2D eigenvalue weighted by Gasteiger charge is -2.19. The number of fused-ring (bicyclic) bond motifs is 1.